The number of nitrogens with zero attached hydrogens (tertiary/aromatic N) is 2. The summed E-state index contributed by atoms with van der Waals surface area (Å²) in [4.78, 5) is 13.8. The van der Waals surface area contributed by atoms with Crippen molar-refractivity contribution >= 4 is 5.97 Å². The molecule has 5 heteroatoms. The number of nitrogens with one attached hydrogen (secondary N) is 1. The van der Waals surface area contributed by atoms with Gasteiger partial charge in [-0.2, -0.15) is 5.10 Å². The van der Waals surface area contributed by atoms with E-state index in [1.165, 1.54) is 0 Å². The maximum atomic E-state index is 10.8. The van der Waals surface area contributed by atoms with Crippen LogP contribution in [-0.4, -0.2) is 25.8 Å². The van der Waals surface area contributed by atoms with Crippen LogP contribution in [0.25, 0.3) is 11.3 Å². The van der Waals surface area contributed by atoms with Gasteiger partial charge in [-0.05, 0) is 19.1 Å². The molecular weight excluding hydrogens is 206 g/mol. The minimum Gasteiger partial charge on any atom is -0.481 e. The van der Waals surface area contributed by atoms with Crippen LogP contribution in [0.1, 0.15) is 11.4 Å². The Labute approximate surface area is 92.7 Å². The molecule has 2 aromatic rings. The topological polar surface area (TPSA) is 70.9 Å². The molecule has 0 unspecified atom stereocenters. The lowest BCUT2D eigenvalue weighted by molar-refractivity contribution is -0.136. The molecule has 0 fully saturated rings. The average Bonchev–Trinajstić information content (AvgIpc) is 2.76. The van der Waals surface area contributed by atoms with Gasteiger partial charge in [0.2, 0.25) is 0 Å². The lowest BCUT2D eigenvalue weighted by atomic mass is 10.1. The van der Waals surface area contributed by atoms with Crippen molar-refractivity contribution in [1.82, 2.24) is 14.8 Å². The lowest BCUT2D eigenvalue weighted by Gasteiger charge is -1.99. The number of aromatic amines is 1. The maximum absolute atomic E-state index is 10.8. The molecule has 0 bridgehead atoms. The average molecular weight is 219 g/mol. The van der Waals surface area contributed by atoms with E-state index >= 15 is 0 Å². The Bertz CT molecular complexity index is 512. The van der Waals surface area contributed by atoms with E-state index in [0.29, 0.717) is 5.69 Å². The number of rotatable bonds is 3. The Hall–Kier alpha value is -2.04. The van der Waals surface area contributed by atoms with Gasteiger partial charge in [0, 0.05) is 30.2 Å². The molecule has 2 aromatic heterocycles. The zero-order chi connectivity index (χ0) is 11.7. The first-order chi connectivity index (χ1) is 7.59. The van der Waals surface area contributed by atoms with E-state index in [0.717, 1.165) is 17.0 Å². The van der Waals surface area contributed by atoms with Gasteiger partial charge < -0.3 is 10.1 Å². The molecule has 0 saturated heterocycles. The highest BCUT2D eigenvalue weighted by Gasteiger charge is 2.17. The zero-order valence-electron chi connectivity index (χ0n) is 9.19. The number of aromatic nitrogens is 3. The SMILES string of the molecule is Cc1c(-c2ccc[nH]2)c(CC(=O)O)nn1C. The molecular formula is C11H13N3O2. The molecule has 0 aliphatic heterocycles. The molecule has 2 heterocycles. The largest absolute Gasteiger partial charge is 0.481 e. The van der Waals surface area contributed by atoms with Crippen molar-refractivity contribution in [2.45, 2.75) is 13.3 Å². The van der Waals surface area contributed by atoms with Crippen LogP contribution in [0.15, 0.2) is 18.3 Å². The number of H-pyrrole nitrogens is 1. The van der Waals surface area contributed by atoms with Crippen LogP contribution in [0.2, 0.25) is 0 Å². The molecule has 0 aromatic carbocycles. The normalized spacial score (nSPS) is 10.6. The van der Waals surface area contributed by atoms with Crippen LogP contribution in [0.5, 0.6) is 0 Å². The van der Waals surface area contributed by atoms with Gasteiger partial charge in [0.15, 0.2) is 0 Å². The lowest BCUT2D eigenvalue weighted by Crippen LogP contribution is -2.02. The summed E-state index contributed by atoms with van der Waals surface area (Å²) in [7, 11) is 1.81. The highest BCUT2D eigenvalue weighted by Crippen LogP contribution is 2.25. The standard InChI is InChI=1S/C11H13N3O2/c1-7-11(8-4-3-5-12-8)9(6-10(15)16)13-14(7)2/h3-5,12H,6H2,1-2H3,(H,15,16). The predicted octanol–water partition coefficient (Wildman–Crippen LogP) is 1.35. The molecule has 84 valence electrons. The number of carbonyl (C=O) groups is 1. The molecule has 0 amide bonds. The van der Waals surface area contributed by atoms with E-state index in [1.54, 1.807) is 4.68 Å². The van der Waals surface area contributed by atoms with E-state index in [2.05, 4.69) is 10.1 Å². The van der Waals surface area contributed by atoms with Gasteiger partial charge in [0.05, 0.1) is 12.1 Å². The minimum atomic E-state index is -0.870. The van der Waals surface area contributed by atoms with Crippen molar-refractivity contribution in [3.63, 3.8) is 0 Å². The second-order valence-electron chi connectivity index (χ2n) is 3.69. The Morgan fingerprint density at radius 1 is 1.62 bits per heavy atom. The van der Waals surface area contributed by atoms with Crippen LogP contribution in [0, 0.1) is 6.92 Å². The van der Waals surface area contributed by atoms with Crippen LogP contribution in [0.3, 0.4) is 0 Å². The summed E-state index contributed by atoms with van der Waals surface area (Å²) < 4.78 is 1.70. The van der Waals surface area contributed by atoms with Crippen LogP contribution in [0.4, 0.5) is 0 Å². The third-order valence-electron chi connectivity index (χ3n) is 2.59. The van der Waals surface area contributed by atoms with Gasteiger partial charge in [-0.1, -0.05) is 0 Å². The molecule has 2 N–H and O–H groups in total. The number of aliphatic carboxylic acids is 1. The summed E-state index contributed by atoms with van der Waals surface area (Å²) in [6, 6.07) is 3.79. The molecule has 0 aliphatic rings. The Morgan fingerprint density at radius 2 is 2.38 bits per heavy atom. The van der Waals surface area contributed by atoms with Crippen molar-refractivity contribution in [3.05, 3.63) is 29.7 Å². The summed E-state index contributed by atoms with van der Waals surface area (Å²) >= 11 is 0. The van der Waals surface area contributed by atoms with Gasteiger partial charge >= 0.3 is 5.97 Å². The van der Waals surface area contributed by atoms with Gasteiger partial charge in [0.1, 0.15) is 0 Å². The molecule has 0 spiro atoms. The fraction of sp³-hybridized carbons (Fsp3) is 0.273. The Balaban J connectivity index is 2.53. The molecule has 5 nitrogen and oxygen atoms in total. The summed E-state index contributed by atoms with van der Waals surface area (Å²) in [5, 5.41) is 13.1. The van der Waals surface area contributed by atoms with Crippen molar-refractivity contribution in [3.8, 4) is 11.3 Å². The van der Waals surface area contributed by atoms with E-state index in [9.17, 15) is 4.79 Å². The first-order valence-corrected chi connectivity index (χ1v) is 4.97. The first kappa shape index (κ1) is 10.5. The van der Waals surface area contributed by atoms with Crippen LogP contribution < -0.4 is 0 Å². The summed E-state index contributed by atoms with van der Waals surface area (Å²) in [6.07, 6.45) is 1.75. The third kappa shape index (κ3) is 1.71. The number of hydrogen-bond donors (Lipinski definition) is 2. The van der Waals surface area contributed by atoms with Crippen molar-refractivity contribution in [2.24, 2.45) is 7.05 Å². The number of aryl methyl sites for hydroxylation is 1. The number of hydrogen-bond acceptors (Lipinski definition) is 2. The van der Waals surface area contributed by atoms with Crippen molar-refractivity contribution < 1.29 is 9.90 Å². The highest BCUT2D eigenvalue weighted by atomic mass is 16.4. The van der Waals surface area contributed by atoms with Crippen LogP contribution in [-0.2, 0) is 18.3 Å². The van der Waals surface area contributed by atoms with Gasteiger partial charge in [-0.15, -0.1) is 0 Å². The summed E-state index contributed by atoms with van der Waals surface area (Å²) in [5.41, 5.74) is 3.34. The third-order valence-corrected chi connectivity index (χ3v) is 2.59. The molecule has 0 aliphatic carbocycles. The first-order valence-electron chi connectivity index (χ1n) is 4.97. The van der Waals surface area contributed by atoms with E-state index in [1.807, 2.05) is 32.3 Å². The van der Waals surface area contributed by atoms with Crippen LogP contribution >= 0.6 is 0 Å². The fourth-order valence-electron chi connectivity index (χ4n) is 1.78. The quantitative estimate of drug-likeness (QED) is 0.818. The smallest absolute Gasteiger partial charge is 0.309 e. The maximum Gasteiger partial charge on any atom is 0.309 e. The number of carboxylic acids is 1. The second kappa shape index (κ2) is 3.84. The zero-order valence-corrected chi connectivity index (χ0v) is 9.19. The monoisotopic (exact) mass is 219 g/mol. The minimum absolute atomic E-state index is 0.0595. The van der Waals surface area contributed by atoms with E-state index in [4.69, 9.17) is 5.11 Å². The molecule has 0 atom stereocenters. The van der Waals surface area contributed by atoms with E-state index < -0.39 is 5.97 Å². The molecule has 2 rings (SSSR count). The second-order valence-corrected chi connectivity index (χ2v) is 3.69. The van der Waals surface area contributed by atoms with Gasteiger partial charge in [-0.25, -0.2) is 0 Å². The van der Waals surface area contributed by atoms with Gasteiger partial charge in [-0.3, -0.25) is 9.48 Å². The van der Waals surface area contributed by atoms with Crippen molar-refractivity contribution in [1.29, 1.82) is 0 Å². The number of carboxylic acid groups (broad SMARTS) is 1. The molecule has 0 saturated carbocycles. The fourth-order valence-corrected chi connectivity index (χ4v) is 1.78. The van der Waals surface area contributed by atoms with E-state index in [-0.39, 0.29) is 6.42 Å². The molecule has 16 heavy (non-hydrogen) atoms. The highest BCUT2D eigenvalue weighted by molar-refractivity contribution is 5.75. The Morgan fingerprint density at radius 3 is 2.94 bits per heavy atom. The molecule has 0 radical (unpaired) electrons. The summed E-state index contributed by atoms with van der Waals surface area (Å²) in [5.74, 6) is -0.870. The summed E-state index contributed by atoms with van der Waals surface area (Å²) in [6.45, 7) is 1.93. The van der Waals surface area contributed by atoms with Gasteiger partial charge in [0.25, 0.3) is 0 Å². The van der Waals surface area contributed by atoms with Crippen molar-refractivity contribution in [2.75, 3.05) is 0 Å². The predicted molar refractivity (Wildman–Crippen MR) is 59.1 cm³/mol. The Kier molecular flexibility index (Phi) is 2.52.